The van der Waals surface area contributed by atoms with Gasteiger partial charge in [0.25, 0.3) is 11.5 Å². The summed E-state index contributed by atoms with van der Waals surface area (Å²) in [5.41, 5.74) is 11.4. The smallest absolute Gasteiger partial charge is 0.330 e. The van der Waals surface area contributed by atoms with Crippen molar-refractivity contribution in [1.82, 2.24) is 9.55 Å². The zero-order valence-corrected chi connectivity index (χ0v) is 20.1. The number of anilines is 3. The minimum absolute atomic E-state index is 0.0281. The lowest BCUT2D eigenvalue weighted by molar-refractivity contribution is -0.117. The molecule has 0 aliphatic carbocycles. The van der Waals surface area contributed by atoms with Crippen LogP contribution in [0, 0.1) is 5.92 Å². The van der Waals surface area contributed by atoms with Crippen molar-refractivity contribution in [3.63, 3.8) is 0 Å². The van der Waals surface area contributed by atoms with Gasteiger partial charge in [-0.15, -0.1) is 0 Å². The average molecular weight is 499 g/mol. The first-order chi connectivity index (χ1) is 16.6. The Bertz CT molecular complexity index is 1350. The highest BCUT2D eigenvalue weighted by Gasteiger charge is 2.25. The third-order valence-electron chi connectivity index (χ3n) is 5.19. The average Bonchev–Trinajstić information content (AvgIpc) is 2.79. The molecule has 6 N–H and O–H groups in total. The SMILES string of the molecule is CC(C)CN(C(=O)CNc1cc(Cl)ccc1C(N)=O)c1c(N)n(Cc2ccccc2)c(=O)[nH]c1=O. The van der Waals surface area contributed by atoms with E-state index in [0.717, 1.165) is 5.56 Å². The van der Waals surface area contributed by atoms with Crippen LogP contribution in [0.15, 0.2) is 58.1 Å². The Hall–Kier alpha value is -4.05. The maximum atomic E-state index is 13.3. The molecular formula is C24H27ClN6O4. The number of amides is 2. The maximum Gasteiger partial charge on any atom is 0.330 e. The van der Waals surface area contributed by atoms with E-state index in [1.165, 1.54) is 27.7 Å². The predicted molar refractivity (Wildman–Crippen MR) is 137 cm³/mol. The minimum atomic E-state index is -0.772. The van der Waals surface area contributed by atoms with Crippen molar-refractivity contribution >= 4 is 40.6 Å². The van der Waals surface area contributed by atoms with E-state index in [9.17, 15) is 19.2 Å². The number of carbonyl (C=O) groups is 2. The van der Waals surface area contributed by atoms with E-state index in [2.05, 4.69) is 10.3 Å². The fraction of sp³-hybridized carbons (Fsp3) is 0.250. The summed E-state index contributed by atoms with van der Waals surface area (Å²) in [6.07, 6.45) is 0. The third-order valence-corrected chi connectivity index (χ3v) is 5.43. The molecule has 0 aliphatic rings. The van der Waals surface area contributed by atoms with Crippen LogP contribution in [0.1, 0.15) is 29.8 Å². The second kappa shape index (κ2) is 10.9. The number of hydrogen-bond acceptors (Lipinski definition) is 6. The Morgan fingerprint density at radius 1 is 1.14 bits per heavy atom. The number of benzene rings is 2. The van der Waals surface area contributed by atoms with Crippen molar-refractivity contribution < 1.29 is 9.59 Å². The second-order valence-electron chi connectivity index (χ2n) is 8.37. The molecule has 0 saturated carbocycles. The van der Waals surface area contributed by atoms with Crippen molar-refractivity contribution in [2.24, 2.45) is 11.7 Å². The largest absolute Gasteiger partial charge is 0.383 e. The van der Waals surface area contributed by atoms with Gasteiger partial charge in [-0.3, -0.25) is 23.9 Å². The van der Waals surface area contributed by atoms with Gasteiger partial charge >= 0.3 is 5.69 Å². The molecule has 2 aromatic carbocycles. The van der Waals surface area contributed by atoms with E-state index in [0.29, 0.717) is 5.02 Å². The zero-order valence-electron chi connectivity index (χ0n) is 19.4. The molecular weight excluding hydrogens is 472 g/mol. The maximum absolute atomic E-state index is 13.3. The molecule has 11 heteroatoms. The topological polar surface area (TPSA) is 156 Å². The van der Waals surface area contributed by atoms with Crippen molar-refractivity contribution in [2.45, 2.75) is 20.4 Å². The number of aromatic nitrogens is 2. The van der Waals surface area contributed by atoms with Gasteiger partial charge in [0.05, 0.1) is 18.7 Å². The van der Waals surface area contributed by atoms with Crippen molar-refractivity contribution in [2.75, 3.05) is 29.0 Å². The predicted octanol–water partition coefficient (Wildman–Crippen LogP) is 2.02. The highest BCUT2D eigenvalue weighted by Crippen LogP contribution is 2.22. The first kappa shape index (κ1) is 25.6. The lowest BCUT2D eigenvalue weighted by atomic mass is 10.1. The van der Waals surface area contributed by atoms with Crippen LogP contribution in [-0.4, -0.2) is 34.5 Å². The van der Waals surface area contributed by atoms with Gasteiger partial charge in [0.15, 0.2) is 5.69 Å². The number of primary amides is 1. The van der Waals surface area contributed by atoms with Gasteiger partial charge in [-0.25, -0.2) is 4.79 Å². The summed E-state index contributed by atoms with van der Waals surface area (Å²) in [7, 11) is 0. The lowest BCUT2D eigenvalue weighted by Gasteiger charge is -2.26. The summed E-state index contributed by atoms with van der Waals surface area (Å²) in [5, 5.41) is 3.21. The van der Waals surface area contributed by atoms with Gasteiger partial charge in [-0.1, -0.05) is 55.8 Å². The number of carbonyl (C=O) groups excluding carboxylic acids is 2. The quantitative estimate of drug-likeness (QED) is 0.353. The highest BCUT2D eigenvalue weighted by molar-refractivity contribution is 6.31. The Morgan fingerprint density at radius 3 is 2.46 bits per heavy atom. The van der Waals surface area contributed by atoms with Crippen molar-refractivity contribution in [1.29, 1.82) is 0 Å². The number of rotatable bonds is 9. The number of nitrogens with two attached hydrogens (primary N) is 2. The third kappa shape index (κ3) is 6.10. The Labute approximate surface area is 206 Å². The number of nitrogen functional groups attached to an aromatic ring is 1. The van der Waals surface area contributed by atoms with Crippen LogP contribution in [0.5, 0.6) is 0 Å². The van der Waals surface area contributed by atoms with Gasteiger partial charge in [0, 0.05) is 17.3 Å². The van der Waals surface area contributed by atoms with Crippen LogP contribution >= 0.6 is 11.6 Å². The van der Waals surface area contributed by atoms with Crippen LogP contribution in [0.3, 0.4) is 0 Å². The van der Waals surface area contributed by atoms with Gasteiger partial charge in [-0.2, -0.15) is 0 Å². The first-order valence-corrected chi connectivity index (χ1v) is 11.3. The second-order valence-corrected chi connectivity index (χ2v) is 8.81. The number of H-pyrrole nitrogens is 1. The van der Waals surface area contributed by atoms with Gasteiger partial charge in [0.2, 0.25) is 5.91 Å². The van der Waals surface area contributed by atoms with E-state index < -0.39 is 23.1 Å². The Kier molecular flexibility index (Phi) is 7.98. The molecule has 184 valence electrons. The molecule has 1 heterocycles. The van der Waals surface area contributed by atoms with Crippen molar-refractivity contribution in [3.05, 3.63) is 85.5 Å². The fourth-order valence-electron chi connectivity index (χ4n) is 3.59. The molecule has 3 rings (SSSR count). The molecule has 1 aromatic heterocycles. The summed E-state index contributed by atoms with van der Waals surface area (Å²) in [6.45, 7) is 3.74. The molecule has 2 amide bonds. The van der Waals surface area contributed by atoms with Crippen LogP contribution in [0.2, 0.25) is 5.02 Å². The molecule has 0 aliphatic heterocycles. The zero-order chi connectivity index (χ0) is 25.7. The summed E-state index contributed by atoms with van der Waals surface area (Å²) < 4.78 is 1.21. The van der Waals surface area contributed by atoms with E-state index in [4.69, 9.17) is 23.1 Å². The number of nitrogens with one attached hydrogen (secondary N) is 2. The van der Waals surface area contributed by atoms with Gasteiger partial charge < -0.3 is 21.7 Å². The van der Waals surface area contributed by atoms with Crippen molar-refractivity contribution in [3.8, 4) is 0 Å². The lowest BCUT2D eigenvalue weighted by Crippen LogP contribution is -2.44. The number of aromatic amines is 1. The Balaban J connectivity index is 1.98. The van der Waals surface area contributed by atoms with Crippen LogP contribution in [0.4, 0.5) is 17.2 Å². The standard InChI is InChI=1S/C24H27ClN6O4/c1-14(2)12-30(19(32)11-28-18-10-16(25)8-9-17(18)22(27)33)20-21(26)31(24(35)29-23(20)34)13-15-6-4-3-5-7-15/h3-10,14,28H,11-13,26H2,1-2H3,(H2,27,33)(H,29,34,35). The van der Waals surface area contributed by atoms with E-state index >= 15 is 0 Å². The highest BCUT2D eigenvalue weighted by atomic mass is 35.5. The molecule has 35 heavy (non-hydrogen) atoms. The fourth-order valence-corrected chi connectivity index (χ4v) is 3.76. The van der Waals surface area contributed by atoms with Crippen LogP contribution < -0.4 is 32.9 Å². The molecule has 0 unspecified atom stereocenters. The molecule has 0 spiro atoms. The molecule has 0 fully saturated rings. The van der Waals surface area contributed by atoms with E-state index in [1.54, 1.807) is 0 Å². The molecule has 0 atom stereocenters. The molecule has 0 radical (unpaired) electrons. The Morgan fingerprint density at radius 2 is 1.83 bits per heavy atom. The monoisotopic (exact) mass is 498 g/mol. The normalized spacial score (nSPS) is 10.9. The summed E-state index contributed by atoms with van der Waals surface area (Å²) in [5.74, 6) is -1.35. The summed E-state index contributed by atoms with van der Waals surface area (Å²) in [6, 6.07) is 13.6. The molecule has 0 saturated heterocycles. The van der Waals surface area contributed by atoms with Crippen LogP contribution in [0.25, 0.3) is 0 Å². The molecule has 0 bridgehead atoms. The van der Waals surface area contributed by atoms with E-state index in [1.807, 2.05) is 44.2 Å². The number of halogens is 1. The van der Waals surface area contributed by atoms with Gasteiger partial charge in [0.1, 0.15) is 5.82 Å². The molecule has 10 nitrogen and oxygen atoms in total. The van der Waals surface area contributed by atoms with Gasteiger partial charge in [-0.05, 0) is 29.7 Å². The minimum Gasteiger partial charge on any atom is -0.383 e. The summed E-state index contributed by atoms with van der Waals surface area (Å²) in [4.78, 5) is 53.9. The number of nitrogens with zero attached hydrogens (tertiary/aromatic N) is 2. The first-order valence-electron chi connectivity index (χ1n) is 10.9. The van der Waals surface area contributed by atoms with Crippen LogP contribution in [-0.2, 0) is 11.3 Å². The molecule has 3 aromatic rings. The number of hydrogen-bond donors (Lipinski definition) is 4. The summed E-state index contributed by atoms with van der Waals surface area (Å²) >= 11 is 6.02. The van der Waals surface area contributed by atoms with E-state index in [-0.39, 0.29) is 48.3 Å².